The van der Waals surface area contributed by atoms with Crippen LogP contribution < -0.4 is 0 Å². The first kappa shape index (κ1) is 13.9. The summed E-state index contributed by atoms with van der Waals surface area (Å²) in [5, 5.41) is 9.46. The second-order valence-corrected chi connectivity index (χ2v) is 5.09. The van der Waals surface area contributed by atoms with E-state index in [2.05, 4.69) is 0 Å². The maximum absolute atomic E-state index is 13.1. The topological polar surface area (TPSA) is 37.3 Å². The summed E-state index contributed by atoms with van der Waals surface area (Å²) in [5.41, 5.74) is -1.83. The molecular formula is C14H15F3O2. The number of carboxylic acids is 1. The van der Waals surface area contributed by atoms with Crippen molar-refractivity contribution in [3.05, 3.63) is 34.9 Å². The Balaban J connectivity index is 2.70. The van der Waals surface area contributed by atoms with E-state index in [0.29, 0.717) is 18.4 Å². The summed E-state index contributed by atoms with van der Waals surface area (Å²) in [4.78, 5) is 11.6. The van der Waals surface area contributed by atoms with E-state index in [9.17, 15) is 23.1 Å². The lowest BCUT2D eigenvalue weighted by Gasteiger charge is -2.29. The minimum Gasteiger partial charge on any atom is -0.481 e. The number of hydrogen-bond donors (Lipinski definition) is 1. The van der Waals surface area contributed by atoms with E-state index >= 15 is 0 Å². The zero-order valence-corrected chi connectivity index (χ0v) is 10.5. The van der Waals surface area contributed by atoms with E-state index < -0.39 is 23.1 Å². The summed E-state index contributed by atoms with van der Waals surface area (Å²) < 4.78 is 39.4. The van der Waals surface area contributed by atoms with Crippen molar-refractivity contribution in [2.45, 2.75) is 44.2 Å². The second-order valence-electron chi connectivity index (χ2n) is 5.09. The summed E-state index contributed by atoms with van der Waals surface area (Å²) in [6.45, 7) is 1.55. The number of hydrogen-bond acceptors (Lipinski definition) is 1. The van der Waals surface area contributed by atoms with E-state index in [4.69, 9.17) is 0 Å². The van der Waals surface area contributed by atoms with Gasteiger partial charge in [-0.2, -0.15) is 13.2 Å². The van der Waals surface area contributed by atoms with Crippen molar-refractivity contribution in [3.63, 3.8) is 0 Å². The minimum atomic E-state index is -4.52. The maximum Gasteiger partial charge on any atom is 0.416 e. The normalized spacial score (nSPS) is 18.5. The Morgan fingerprint density at radius 2 is 1.84 bits per heavy atom. The van der Waals surface area contributed by atoms with Gasteiger partial charge in [0.15, 0.2) is 0 Å². The Bertz CT molecular complexity index is 500. The van der Waals surface area contributed by atoms with Crippen LogP contribution in [0.25, 0.3) is 0 Å². The van der Waals surface area contributed by atoms with Gasteiger partial charge in [-0.3, -0.25) is 4.79 Å². The van der Waals surface area contributed by atoms with Crippen LogP contribution in [0.3, 0.4) is 0 Å². The molecule has 0 unspecified atom stereocenters. The number of carboxylic acid groups (broad SMARTS) is 1. The summed E-state index contributed by atoms with van der Waals surface area (Å²) in [5.74, 6) is -1.15. The second kappa shape index (κ2) is 4.54. The van der Waals surface area contributed by atoms with Crippen LogP contribution >= 0.6 is 0 Å². The molecule has 1 aromatic rings. The third kappa shape index (κ3) is 2.22. The number of rotatable bonds is 2. The van der Waals surface area contributed by atoms with Crippen LogP contribution in [0.1, 0.15) is 42.4 Å². The fourth-order valence-corrected chi connectivity index (χ4v) is 3.09. The molecule has 1 N–H and O–H groups in total. The van der Waals surface area contributed by atoms with Gasteiger partial charge in [-0.15, -0.1) is 0 Å². The molecule has 0 radical (unpaired) electrons. The van der Waals surface area contributed by atoms with Crippen molar-refractivity contribution in [1.82, 2.24) is 0 Å². The third-order valence-corrected chi connectivity index (χ3v) is 3.92. The summed E-state index contributed by atoms with van der Waals surface area (Å²) in [6.07, 6.45) is -2.67. The van der Waals surface area contributed by atoms with Crippen molar-refractivity contribution in [2.75, 3.05) is 0 Å². The average molecular weight is 272 g/mol. The molecule has 0 spiro atoms. The van der Waals surface area contributed by atoms with E-state index in [1.807, 2.05) is 0 Å². The van der Waals surface area contributed by atoms with Crippen molar-refractivity contribution in [1.29, 1.82) is 0 Å². The van der Waals surface area contributed by atoms with Gasteiger partial charge in [0, 0.05) is 0 Å². The molecule has 0 amide bonds. The first-order valence-electron chi connectivity index (χ1n) is 6.20. The summed E-state index contributed by atoms with van der Waals surface area (Å²) in [7, 11) is 0. The molecule has 2 nitrogen and oxygen atoms in total. The molecule has 1 fully saturated rings. The lowest BCUT2D eigenvalue weighted by atomic mass is 9.74. The molecule has 1 aliphatic carbocycles. The highest BCUT2D eigenvalue weighted by molar-refractivity contribution is 5.83. The maximum atomic E-state index is 13.1. The Hall–Kier alpha value is -1.52. The standard InChI is InChI=1S/C14H15F3O2/c1-9-5-4-6-10(14(15,16)17)11(9)13(12(18)19)7-2-3-8-13/h4-6H,2-3,7-8H2,1H3,(H,18,19). The van der Waals surface area contributed by atoms with Crippen LogP contribution in [0.2, 0.25) is 0 Å². The predicted molar refractivity (Wildman–Crippen MR) is 64.0 cm³/mol. The number of carbonyl (C=O) groups is 1. The Labute approximate surface area is 109 Å². The lowest BCUT2D eigenvalue weighted by Crippen LogP contribution is -2.35. The van der Waals surface area contributed by atoms with Crippen molar-refractivity contribution in [3.8, 4) is 0 Å². The van der Waals surface area contributed by atoms with Crippen molar-refractivity contribution < 1.29 is 23.1 Å². The Morgan fingerprint density at radius 3 is 2.32 bits per heavy atom. The molecule has 5 heteroatoms. The van der Waals surface area contributed by atoms with Crippen molar-refractivity contribution >= 4 is 5.97 Å². The number of alkyl halides is 3. The molecule has 104 valence electrons. The summed E-state index contributed by atoms with van der Waals surface area (Å²) in [6, 6.07) is 3.85. The SMILES string of the molecule is Cc1cccc(C(F)(F)F)c1C1(C(=O)O)CCCC1. The molecule has 0 saturated heterocycles. The fraction of sp³-hybridized carbons (Fsp3) is 0.500. The Kier molecular flexibility index (Phi) is 3.32. The van der Waals surface area contributed by atoms with Crippen LogP contribution in [0, 0.1) is 6.92 Å². The molecule has 2 rings (SSSR count). The van der Waals surface area contributed by atoms with E-state index in [1.165, 1.54) is 6.07 Å². The monoisotopic (exact) mass is 272 g/mol. The molecule has 19 heavy (non-hydrogen) atoms. The number of benzene rings is 1. The third-order valence-electron chi connectivity index (χ3n) is 3.92. The molecular weight excluding hydrogens is 257 g/mol. The molecule has 0 atom stereocenters. The highest BCUT2D eigenvalue weighted by Gasteiger charge is 2.48. The molecule has 0 aliphatic heterocycles. The van der Waals surface area contributed by atoms with Gasteiger partial charge in [-0.1, -0.05) is 25.0 Å². The summed E-state index contributed by atoms with van der Waals surface area (Å²) >= 11 is 0. The number of halogens is 3. The van der Waals surface area contributed by atoms with E-state index in [0.717, 1.165) is 6.07 Å². The van der Waals surface area contributed by atoms with Gasteiger partial charge >= 0.3 is 12.1 Å². The van der Waals surface area contributed by atoms with Crippen LogP contribution in [0.5, 0.6) is 0 Å². The highest BCUT2D eigenvalue weighted by Crippen LogP contribution is 2.47. The molecule has 0 bridgehead atoms. The molecule has 1 saturated carbocycles. The van der Waals surface area contributed by atoms with Gasteiger partial charge in [-0.05, 0) is 37.0 Å². The van der Waals surface area contributed by atoms with Gasteiger partial charge in [0.25, 0.3) is 0 Å². The first-order chi connectivity index (χ1) is 8.79. The van der Waals surface area contributed by atoms with Gasteiger partial charge in [0.1, 0.15) is 0 Å². The lowest BCUT2D eigenvalue weighted by molar-refractivity contribution is -0.146. The van der Waals surface area contributed by atoms with E-state index in [1.54, 1.807) is 13.0 Å². The largest absolute Gasteiger partial charge is 0.481 e. The molecule has 1 aromatic carbocycles. The predicted octanol–water partition coefficient (Wildman–Crippen LogP) is 3.91. The Morgan fingerprint density at radius 1 is 1.26 bits per heavy atom. The van der Waals surface area contributed by atoms with Crippen molar-refractivity contribution in [2.24, 2.45) is 0 Å². The van der Waals surface area contributed by atoms with Crippen LogP contribution in [0.15, 0.2) is 18.2 Å². The number of aryl methyl sites for hydroxylation is 1. The zero-order chi connectivity index (χ0) is 14.3. The smallest absolute Gasteiger partial charge is 0.416 e. The first-order valence-corrected chi connectivity index (χ1v) is 6.20. The highest BCUT2D eigenvalue weighted by atomic mass is 19.4. The van der Waals surface area contributed by atoms with Gasteiger partial charge < -0.3 is 5.11 Å². The zero-order valence-electron chi connectivity index (χ0n) is 10.5. The van der Waals surface area contributed by atoms with Crippen LogP contribution in [-0.2, 0) is 16.4 Å². The fourth-order valence-electron chi connectivity index (χ4n) is 3.09. The van der Waals surface area contributed by atoms with Gasteiger partial charge in [0.2, 0.25) is 0 Å². The van der Waals surface area contributed by atoms with Crippen LogP contribution in [-0.4, -0.2) is 11.1 Å². The molecule has 0 heterocycles. The van der Waals surface area contributed by atoms with Crippen LogP contribution in [0.4, 0.5) is 13.2 Å². The van der Waals surface area contributed by atoms with Gasteiger partial charge in [0.05, 0.1) is 11.0 Å². The average Bonchev–Trinajstić information content (AvgIpc) is 2.77. The molecule has 0 aromatic heterocycles. The molecule has 1 aliphatic rings. The van der Waals surface area contributed by atoms with Gasteiger partial charge in [-0.25, -0.2) is 0 Å². The number of aliphatic carboxylic acids is 1. The minimum absolute atomic E-state index is 0.0486. The quantitative estimate of drug-likeness (QED) is 0.886. The van der Waals surface area contributed by atoms with E-state index in [-0.39, 0.29) is 18.4 Å².